The molecule has 0 bridgehead atoms. The first kappa shape index (κ1) is 12.4. The monoisotopic (exact) mass is 243 g/mol. The quantitative estimate of drug-likeness (QED) is 0.894. The highest BCUT2D eigenvalue weighted by Gasteiger charge is 2.06. The van der Waals surface area contributed by atoms with E-state index in [1.807, 2.05) is 48.9 Å². The van der Waals surface area contributed by atoms with Crippen LogP contribution in [-0.4, -0.2) is 15.7 Å². The van der Waals surface area contributed by atoms with Gasteiger partial charge >= 0.3 is 0 Å². The van der Waals surface area contributed by atoms with E-state index in [2.05, 4.69) is 10.4 Å². The molecule has 1 heterocycles. The van der Waals surface area contributed by atoms with Gasteiger partial charge in [0.05, 0.1) is 12.2 Å². The molecule has 0 fully saturated rings. The minimum absolute atomic E-state index is 0.0532. The lowest BCUT2D eigenvalue weighted by atomic mass is 10.1. The summed E-state index contributed by atoms with van der Waals surface area (Å²) in [5, 5.41) is 7.07. The molecule has 94 valence electrons. The second-order valence-electron chi connectivity index (χ2n) is 4.19. The van der Waals surface area contributed by atoms with Gasteiger partial charge in [0.15, 0.2) is 0 Å². The third-order valence-corrected chi connectivity index (χ3v) is 2.81. The summed E-state index contributed by atoms with van der Waals surface area (Å²) >= 11 is 0. The minimum atomic E-state index is -0.0532. The fraction of sp³-hybridized carbons (Fsp3) is 0.286. The number of aryl methyl sites for hydroxylation is 2. The minimum Gasteiger partial charge on any atom is -0.346 e. The van der Waals surface area contributed by atoms with Crippen molar-refractivity contribution < 1.29 is 4.79 Å². The highest BCUT2D eigenvalue weighted by molar-refractivity contribution is 5.94. The third kappa shape index (κ3) is 2.77. The number of aromatic nitrogens is 2. The Hall–Kier alpha value is -2.10. The van der Waals surface area contributed by atoms with Gasteiger partial charge in [-0.1, -0.05) is 17.7 Å². The lowest BCUT2D eigenvalue weighted by Gasteiger charge is -2.07. The van der Waals surface area contributed by atoms with Crippen molar-refractivity contribution in [3.63, 3.8) is 0 Å². The molecule has 0 saturated heterocycles. The van der Waals surface area contributed by atoms with Crippen LogP contribution in [0.15, 0.2) is 36.5 Å². The Labute approximate surface area is 107 Å². The Balaban J connectivity index is 2.00. The fourth-order valence-corrected chi connectivity index (χ4v) is 1.85. The van der Waals surface area contributed by atoms with Gasteiger partial charge in [0, 0.05) is 18.3 Å². The van der Waals surface area contributed by atoms with Crippen molar-refractivity contribution in [2.75, 3.05) is 0 Å². The molecule has 0 atom stereocenters. The largest absolute Gasteiger partial charge is 0.346 e. The maximum absolute atomic E-state index is 12.0. The number of rotatable bonds is 4. The van der Waals surface area contributed by atoms with E-state index >= 15 is 0 Å². The molecule has 1 N–H and O–H groups in total. The molecule has 0 spiro atoms. The molecule has 18 heavy (non-hydrogen) atoms. The predicted molar refractivity (Wildman–Crippen MR) is 70.3 cm³/mol. The third-order valence-electron chi connectivity index (χ3n) is 2.81. The van der Waals surface area contributed by atoms with E-state index in [0.29, 0.717) is 12.1 Å². The summed E-state index contributed by atoms with van der Waals surface area (Å²) in [6, 6.07) is 9.48. The van der Waals surface area contributed by atoms with Crippen molar-refractivity contribution >= 4 is 5.91 Å². The maximum Gasteiger partial charge on any atom is 0.251 e. The molecular weight excluding hydrogens is 226 g/mol. The first-order chi connectivity index (χ1) is 8.70. The average molecular weight is 243 g/mol. The van der Waals surface area contributed by atoms with Crippen molar-refractivity contribution in [3.8, 4) is 0 Å². The summed E-state index contributed by atoms with van der Waals surface area (Å²) in [5.41, 5.74) is 2.79. The van der Waals surface area contributed by atoms with Gasteiger partial charge in [0.25, 0.3) is 5.91 Å². The van der Waals surface area contributed by atoms with Gasteiger partial charge in [-0.3, -0.25) is 9.48 Å². The number of hydrogen-bond acceptors (Lipinski definition) is 2. The maximum atomic E-state index is 12.0. The summed E-state index contributed by atoms with van der Waals surface area (Å²) < 4.78 is 1.87. The Kier molecular flexibility index (Phi) is 3.77. The highest BCUT2D eigenvalue weighted by Crippen LogP contribution is 2.04. The van der Waals surface area contributed by atoms with Crippen LogP contribution in [0.3, 0.4) is 0 Å². The molecule has 1 aromatic heterocycles. The first-order valence-electron chi connectivity index (χ1n) is 6.06. The number of hydrogen-bond donors (Lipinski definition) is 1. The molecular formula is C14H17N3O. The Morgan fingerprint density at radius 2 is 2.22 bits per heavy atom. The second-order valence-corrected chi connectivity index (χ2v) is 4.19. The molecule has 4 heteroatoms. The van der Waals surface area contributed by atoms with Gasteiger partial charge in [-0.05, 0) is 32.0 Å². The smallest absolute Gasteiger partial charge is 0.251 e. The number of nitrogens with zero attached hydrogens (tertiary/aromatic N) is 2. The van der Waals surface area contributed by atoms with Crippen LogP contribution in [0.1, 0.15) is 28.5 Å². The summed E-state index contributed by atoms with van der Waals surface area (Å²) in [6.45, 7) is 5.31. The molecule has 0 unspecified atom stereocenters. The van der Waals surface area contributed by atoms with Crippen LogP contribution in [0.5, 0.6) is 0 Å². The van der Waals surface area contributed by atoms with Crippen LogP contribution < -0.4 is 5.32 Å². The van der Waals surface area contributed by atoms with Gasteiger partial charge in [0.2, 0.25) is 0 Å². The van der Waals surface area contributed by atoms with Crippen LogP contribution >= 0.6 is 0 Å². The standard InChI is InChI=1S/C14H17N3O/c1-3-17-13(7-8-16-17)10-15-14(18)12-6-4-5-11(2)9-12/h4-9H,3,10H2,1-2H3,(H,15,18). The highest BCUT2D eigenvalue weighted by atomic mass is 16.1. The van der Waals surface area contributed by atoms with E-state index in [1.165, 1.54) is 0 Å². The SMILES string of the molecule is CCn1nccc1CNC(=O)c1cccc(C)c1. The summed E-state index contributed by atoms with van der Waals surface area (Å²) in [4.78, 5) is 12.0. The molecule has 2 aromatic rings. The molecule has 0 radical (unpaired) electrons. The van der Waals surface area contributed by atoms with Crippen molar-refractivity contribution in [1.29, 1.82) is 0 Å². The fourth-order valence-electron chi connectivity index (χ4n) is 1.85. The molecule has 0 saturated carbocycles. The first-order valence-corrected chi connectivity index (χ1v) is 6.06. The lowest BCUT2D eigenvalue weighted by molar-refractivity contribution is 0.0950. The van der Waals surface area contributed by atoms with Gasteiger partial charge in [-0.2, -0.15) is 5.10 Å². The van der Waals surface area contributed by atoms with Crippen LogP contribution in [0.4, 0.5) is 0 Å². The molecule has 0 aliphatic heterocycles. The number of carbonyl (C=O) groups is 1. The Morgan fingerprint density at radius 3 is 2.94 bits per heavy atom. The van der Waals surface area contributed by atoms with Crippen LogP contribution in [0.25, 0.3) is 0 Å². The van der Waals surface area contributed by atoms with Crippen molar-refractivity contribution in [3.05, 3.63) is 53.3 Å². The lowest BCUT2D eigenvalue weighted by Crippen LogP contribution is -2.24. The predicted octanol–water partition coefficient (Wildman–Crippen LogP) is 2.14. The van der Waals surface area contributed by atoms with Gasteiger partial charge in [0.1, 0.15) is 0 Å². The van der Waals surface area contributed by atoms with E-state index in [0.717, 1.165) is 17.8 Å². The van der Waals surface area contributed by atoms with Crippen molar-refractivity contribution in [2.45, 2.75) is 26.9 Å². The molecule has 0 aliphatic rings. The van der Waals surface area contributed by atoms with E-state index in [-0.39, 0.29) is 5.91 Å². The van der Waals surface area contributed by atoms with E-state index in [9.17, 15) is 4.79 Å². The average Bonchev–Trinajstić information content (AvgIpc) is 2.83. The number of nitrogens with one attached hydrogen (secondary N) is 1. The van der Waals surface area contributed by atoms with Gasteiger partial charge in [-0.25, -0.2) is 0 Å². The van der Waals surface area contributed by atoms with Crippen molar-refractivity contribution in [2.24, 2.45) is 0 Å². The molecule has 0 aliphatic carbocycles. The van der Waals surface area contributed by atoms with E-state index < -0.39 is 0 Å². The number of benzene rings is 1. The van der Waals surface area contributed by atoms with E-state index in [4.69, 9.17) is 0 Å². The van der Waals surface area contributed by atoms with Crippen LogP contribution in [-0.2, 0) is 13.1 Å². The van der Waals surface area contributed by atoms with Gasteiger partial charge in [-0.15, -0.1) is 0 Å². The topological polar surface area (TPSA) is 46.9 Å². The van der Waals surface area contributed by atoms with Crippen LogP contribution in [0, 0.1) is 6.92 Å². The number of carbonyl (C=O) groups excluding carboxylic acids is 1. The molecule has 1 aromatic carbocycles. The van der Waals surface area contributed by atoms with Crippen molar-refractivity contribution in [1.82, 2.24) is 15.1 Å². The summed E-state index contributed by atoms with van der Waals surface area (Å²) in [6.07, 6.45) is 1.75. The zero-order valence-corrected chi connectivity index (χ0v) is 10.7. The summed E-state index contributed by atoms with van der Waals surface area (Å²) in [7, 11) is 0. The molecule has 2 rings (SSSR count). The molecule has 4 nitrogen and oxygen atoms in total. The zero-order valence-electron chi connectivity index (χ0n) is 10.7. The molecule has 1 amide bonds. The number of amides is 1. The normalized spacial score (nSPS) is 10.3. The Morgan fingerprint density at radius 1 is 1.39 bits per heavy atom. The van der Waals surface area contributed by atoms with Crippen LogP contribution in [0.2, 0.25) is 0 Å². The Bertz CT molecular complexity index is 545. The zero-order chi connectivity index (χ0) is 13.0. The second kappa shape index (κ2) is 5.49. The van der Waals surface area contributed by atoms with Gasteiger partial charge < -0.3 is 5.32 Å². The van der Waals surface area contributed by atoms with E-state index in [1.54, 1.807) is 6.20 Å². The summed E-state index contributed by atoms with van der Waals surface area (Å²) in [5.74, 6) is -0.0532.